The topological polar surface area (TPSA) is 78.5 Å². The van der Waals surface area contributed by atoms with Crippen LogP contribution in [0.25, 0.3) is 0 Å². The Hall–Kier alpha value is -1.44. The van der Waals surface area contributed by atoms with Crippen LogP contribution < -0.4 is 14.9 Å². The molecule has 1 saturated heterocycles. The van der Waals surface area contributed by atoms with Gasteiger partial charge in [0.15, 0.2) is 0 Å². The van der Waals surface area contributed by atoms with Gasteiger partial charge < -0.3 is 10.2 Å². The first-order chi connectivity index (χ1) is 9.97. The Balaban J connectivity index is 1.89. The van der Waals surface area contributed by atoms with Gasteiger partial charge in [0.1, 0.15) is 0 Å². The minimum atomic E-state index is -3.54. The number of carbonyl (C=O) groups is 1. The zero-order valence-electron chi connectivity index (χ0n) is 11.9. The van der Waals surface area contributed by atoms with Crippen LogP contribution in [0.2, 0.25) is 0 Å². The van der Waals surface area contributed by atoms with Crippen molar-refractivity contribution in [3.8, 4) is 0 Å². The van der Waals surface area contributed by atoms with Crippen molar-refractivity contribution in [3.05, 3.63) is 23.8 Å². The molecule has 2 aliphatic heterocycles. The van der Waals surface area contributed by atoms with Gasteiger partial charge in [0.25, 0.3) is 0 Å². The molecular formula is C14H19N3O3S. The first-order valence-electron chi connectivity index (χ1n) is 7.11. The summed E-state index contributed by atoms with van der Waals surface area (Å²) in [5.41, 5.74) is 1.74. The lowest BCUT2D eigenvalue weighted by Crippen LogP contribution is -2.36. The van der Waals surface area contributed by atoms with E-state index in [2.05, 4.69) is 10.0 Å². The van der Waals surface area contributed by atoms with Gasteiger partial charge >= 0.3 is 0 Å². The third kappa shape index (κ3) is 2.81. The lowest BCUT2D eigenvalue weighted by molar-refractivity contribution is -0.116. The average Bonchev–Trinajstić information content (AvgIpc) is 3.05. The second-order valence-electron chi connectivity index (χ2n) is 5.52. The van der Waals surface area contributed by atoms with E-state index in [0.717, 1.165) is 30.6 Å². The summed E-state index contributed by atoms with van der Waals surface area (Å²) in [5, 5.41) is 3.13. The average molecular weight is 309 g/mol. The minimum absolute atomic E-state index is 0.0590. The number of rotatable bonds is 3. The zero-order chi connectivity index (χ0) is 15.0. The maximum atomic E-state index is 12.4. The molecule has 0 unspecified atom stereocenters. The van der Waals surface area contributed by atoms with Gasteiger partial charge in [0, 0.05) is 31.7 Å². The molecule has 2 aliphatic rings. The minimum Gasteiger partial charge on any atom is -0.315 e. The monoisotopic (exact) mass is 309 g/mol. The lowest BCUT2D eigenvalue weighted by Gasteiger charge is -2.17. The molecule has 114 valence electrons. The summed E-state index contributed by atoms with van der Waals surface area (Å²) in [6.45, 7) is 3.60. The molecule has 2 heterocycles. The number of hydrogen-bond acceptors (Lipinski definition) is 4. The molecule has 21 heavy (non-hydrogen) atoms. The summed E-state index contributed by atoms with van der Waals surface area (Å²) in [6.07, 6.45) is 1.57. The molecule has 7 heteroatoms. The number of benzene rings is 1. The van der Waals surface area contributed by atoms with E-state index < -0.39 is 10.0 Å². The molecule has 0 spiro atoms. The Morgan fingerprint density at radius 1 is 1.43 bits per heavy atom. The fraction of sp³-hybridized carbons (Fsp3) is 0.500. The molecule has 3 rings (SSSR count). The van der Waals surface area contributed by atoms with E-state index in [-0.39, 0.29) is 16.8 Å². The predicted octanol–water partition coefficient (Wildman–Crippen LogP) is 0.236. The summed E-state index contributed by atoms with van der Waals surface area (Å²) in [4.78, 5) is 13.5. The number of sulfonamides is 1. The molecule has 1 atom stereocenters. The first kappa shape index (κ1) is 14.5. The lowest BCUT2D eigenvalue weighted by atomic mass is 10.2. The van der Waals surface area contributed by atoms with Crippen LogP contribution in [-0.4, -0.2) is 40.0 Å². The Morgan fingerprint density at radius 2 is 2.24 bits per heavy atom. The van der Waals surface area contributed by atoms with E-state index in [4.69, 9.17) is 0 Å². The fourth-order valence-electron chi connectivity index (χ4n) is 2.90. The summed E-state index contributed by atoms with van der Waals surface area (Å²) in [5.74, 6) is -0.0590. The van der Waals surface area contributed by atoms with E-state index in [9.17, 15) is 13.2 Å². The van der Waals surface area contributed by atoms with Crippen molar-refractivity contribution >= 4 is 21.6 Å². The number of nitrogens with zero attached hydrogens (tertiary/aromatic N) is 1. The van der Waals surface area contributed by atoms with Crippen LogP contribution in [0.1, 0.15) is 18.9 Å². The molecular weight excluding hydrogens is 290 g/mol. The highest BCUT2D eigenvalue weighted by Gasteiger charge is 2.27. The second kappa shape index (κ2) is 5.40. The van der Waals surface area contributed by atoms with Gasteiger partial charge in [-0.25, -0.2) is 13.1 Å². The van der Waals surface area contributed by atoms with E-state index >= 15 is 0 Å². The van der Waals surface area contributed by atoms with Gasteiger partial charge in [-0.05, 0) is 37.1 Å². The Kier molecular flexibility index (Phi) is 3.73. The maximum Gasteiger partial charge on any atom is 0.240 e. The predicted molar refractivity (Wildman–Crippen MR) is 79.8 cm³/mol. The second-order valence-corrected chi connectivity index (χ2v) is 7.24. The molecule has 2 N–H and O–H groups in total. The highest BCUT2D eigenvalue weighted by molar-refractivity contribution is 7.89. The molecule has 6 nitrogen and oxygen atoms in total. The van der Waals surface area contributed by atoms with Crippen molar-refractivity contribution in [2.75, 3.05) is 24.5 Å². The molecule has 1 aromatic carbocycles. The SMILES string of the molecule is CC(=O)N1CCc2ccc(S(=O)(=O)N[C@@H]3CCNC3)cc21. The Bertz CT molecular complexity index is 666. The smallest absolute Gasteiger partial charge is 0.240 e. The Labute approximate surface area is 124 Å². The summed E-state index contributed by atoms with van der Waals surface area (Å²) in [7, 11) is -3.54. The molecule has 1 aromatic rings. The largest absolute Gasteiger partial charge is 0.315 e. The van der Waals surface area contributed by atoms with Crippen LogP contribution in [0, 0.1) is 0 Å². The maximum absolute atomic E-state index is 12.4. The molecule has 0 radical (unpaired) electrons. The quantitative estimate of drug-likeness (QED) is 0.838. The zero-order valence-corrected chi connectivity index (χ0v) is 12.7. The summed E-state index contributed by atoms with van der Waals surface area (Å²) in [6, 6.07) is 4.97. The van der Waals surface area contributed by atoms with Crippen molar-refractivity contribution < 1.29 is 13.2 Å². The van der Waals surface area contributed by atoms with Crippen molar-refractivity contribution in [3.63, 3.8) is 0 Å². The number of fused-ring (bicyclic) bond motifs is 1. The summed E-state index contributed by atoms with van der Waals surface area (Å²) >= 11 is 0. The molecule has 1 amide bonds. The van der Waals surface area contributed by atoms with Crippen LogP contribution in [0.15, 0.2) is 23.1 Å². The van der Waals surface area contributed by atoms with E-state index in [1.54, 1.807) is 23.1 Å². The third-order valence-corrected chi connectivity index (χ3v) is 5.54. The van der Waals surface area contributed by atoms with E-state index in [0.29, 0.717) is 13.1 Å². The van der Waals surface area contributed by atoms with Crippen molar-refractivity contribution in [2.24, 2.45) is 0 Å². The highest BCUT2D eigenvalue weighted by atomic mass is 32.2. The van der Waals surface area contributed by atoms with Crippen LogP contribution in [0.3, 0.4) is 0 Å². The number of nitrogens with one attached hydrogen (secondary N) is 2. The molecule has 0 aromatic heterocycles. The number of carbonyl (C=O) groups excluding carboxylic acids is 1. The van der Waals surface area contributed by atoms with Gasteiger partial charge in [0.05, 0.1) is 4.90 Å². The van der Waals surface area contributed by atoms with E-state index in [1.807, 2.05) is 0 Å². The number of anilines is 1. The van der Waals surface area contributed by atoms with Crippen LogP contribution in [0.4, 0.5) is 5.69 Å². The van der Waals surface area contributed by atoms with Crippen molar-refractivity contribution in [1.29, 1.82) is 0 Å². The van der Waals surface area contributed by atoms with Crippen LogP contribution >= 0.6 is 0 Å². The van der Waals surface area contributed by atoms with Gasteiger partial charge in [-0.2, -0.15) is 0 Å². The molecule has 0 aliphatic carbocycles. The number of hydrogen-bond donors (Lipinski definition) is 2. The van der Waals surface area contributed by atoms with Crippen molar-refractivity contribution in [1.82, 2.24) is 10.0 Å². The number of amides is 1. The molecule has 0 saturated carbocycles. The van der Waals surface area contributed by atoms with Crippen LogP contribution in [-0.2, 0) is 21.2 Å². The van der Waals surface area contributed by atoms with E-state index in [1.165, 1.54) is 6.92 Å². The van der Waals surface area contributed by atoms with Gasteiger partial charge in [-0.15, -0.1) is 0 Å². The fourth-order valence-corrected chi connectivity index (χ4v) is 4.19. The highest BCUT2D eigenvalue weighted by Crippen LogP contribution is 2.30. The Morgan fingerprint density at radius 3 is 2.90 bits per heavy atom. The van der Waals surface area contributed by atoms with Crippen molar-refractivity contribution in [2.45, 2.75) is 30.7 Å². The summed E-state index contributed by atoms with van der Waals surface area (Å²) < 4.78 is 27.6. The van der Waals surface area contributed by atoms with Crippen LogP contribution in [0.5, 0.6) is 0 Å². The van der Waals surface area contributed by atoms with Gasteiger partial charge in [0.2, 0.25) is 15.9 Å². The molecule has 0 bridgehead atoms. The first-order valence-corrected chi connectivity index (χ1v) is 8.60. The third-order valence-electron chi connectivity index (χ3n) is 4.02. The standard InChI is InChI=1S/C14H19N3O3S/c1-10(18)17-7-5-11-2-3-13(8-14(11)17)21(19,20)16-12-4-6-15-9-12/h2-3,8,12,15-16H,4-7,9H2,1H3/t12-/m1/s1. The van der Waals surface area contributed by atoms with Gasteiger partial charge in [-0.3, -0.25) is 4.79 Å². The van der Waals surface area contributed by atoms with Gasteiger partial charge in [-0.1, -0.05) is 6.07 Å². The normalized spacial score (nSPS) is 21.6. The molecule has 1 fully saturated rings.